The number of nitrogens with zero attached hydrogens (tertiary/aromatic N) is 1. The minimum absolute atomic E-state index is 0.145. The number of nitrogens with one attached hydrogen (secondary N) is 4. The second-order valence-electron chi connectivity index (χ2n) is 10.6. The van der Waals surface area contributed by atoms with Crippen LogP contribution in [0, 0.1) is 17.8 Å². The molecule has 1 amide bonds. The Kier molecular flexibility index (Phi) is 10.2. The Labute approximate surface area is 200 Å². The zero-order valence-corrected chi connectivity index (χ0v) is 20.7. The van der Waals surface area contributed by atoms with Crippen molar-refractivity contribution in [1.82, 2.24) is 26.2 Å². The fourth-order valence-electron chi connectivity index (χ4n) is 6.23. The average Bonchev–Trinajstić information content (AvgIpc) is 2.88. The lowest BCUT2D eigenvalue weighted by molar-refractivity contribution is -0.126. The van der Waals surface area contributed by atoms with E-state index in [1.54, 1.807) is 0 Å². The van der Waals surface area contributed by atoms with Gasteiger partial charge in [0.2, 0.25) is 5.91 Å². The van der Waals surface area contributed by atoms with Gasteiger partial charge in [-0.15, -0.1) is 0 Å². The molecule has 0 bridgehead atoms. The number of ether oxygens (including phenoxy) is 2. The highest BCUT2D eigenvalue weighted by Crippen LogP contribution is 2.32. The summed E-state index contributed by atoms with van der Waals surface area (Å²) < 4.78 is 10.9. The van der Waals surface area contributed by atoms with Crippen LogP contribution in [-0.4, -0.2) is 88.8 Å². The molecule has 4 N–H and O–H groups in total. The van der Waals surface area contributed by atoms with Gasteiger partial charge in [-0.25, -0.2) is 0 Å². The van der Waals surface area contributed by atoms with Gasteiger partial charge < -0.3 is 14.8 Å². The molecule has 33 heavy (non-hydrogen) atoms. The van der Waals surface area contributed by atoms with E-state index in [9.17, 15) is 4.79 Å². The van der Waals surface area contributed by atoms with Crippen molar-refractivity contribution in [3.05, 3.63) is 0 Å². The molecule has 8 heteroatoms. The van der Waals surface area contributed by atoms with Crippen LogP contribution < -0.4 is 21.3 Å². The second kappa shape index (κ2) is 13.4. The molecule has 0 aromatic carbocycles. The first kappa shape index (κ1) is 25.3. The van der Waals surface area contributed by atoms with E-state index in [4.69, 9.17) is 9.47 Å². The van der Waals surface area contributed by atoms with Gasteiger partial charge in [-0.05, 0) is 69.7 Å². The van der Waals surface area contributed by atoms with Crippen LogP contribution in [-0.2, 0) is 14.3 Å². The molecule has 190 valence electrons. The predicted octanol–water partition coefficient (Wildman–Crippen LogP) is 1.27. The summed E-state index contributed by atoms with van der Waals surface area (Å²) in [5, 5.41) is 14.3. The van der Waals surface area contributed by atoms with E-state index in [1.807, 2.05) is 7.11 Å². The zero-order valence-electron chi connectivity index (χ0n) is 20.7. The van der Waals surface area contributed by atoms with Gasteiger partial charge in [0.1, 0.15) is 6.29 Å². The molecular formula is C25H47N5O3. The number of hydrogen-bond donors (Lipinski definition) is 4. The molecule has 0 spiro atoms. The quantitative estimate of drug-likeness (QED) is 0.382. The normalized spacial score (nSPS) is 36.4. The average molecular weight is 466 g/mol. The van der Waals surface area contributed by atoms with E-state index in [-0.39, 0.29) is 18.1 Å². The number of hydrogen-bond acceptors (Lipinski definition) is 7. The topological polar surface area (TPSA) is 86.9 Å². The lowest BCUT2D eigenvalue weighted by atomic mass is 9.78. The van der Waals surface area contributed by atoms with Gasteiger partial charge in [0.25, 0.3) is 0 Å². The third-order valence-electron chi connectivity index (χ3n) is 8.39. The van der Waals surface area contributed by atoms with Crippen molar-refractivity contribution in [2.75, 3.05) is 59.6 Å². The molecule has 2 heterocycles. The maximum atomic E-state index is 12.7. The largest absolute Gasteiger partial charge is 0.381 e. The Morgan fingerprint density at radius 2 is 1.79 bits per heavy atom. The fourth-order valence-corrected chi connectivity index (χ4v) is 6.23. The first-order chi connectivity index (χ1) is 16.2. The number of amides is 1. The number of carbonyl (C=O) groups is 1. The molecule has 0 radical (unpaired) electrons. The Morgan fingerprint density at radius 3 is 2.52 bits per heavy atom. The maximum absolute atomic E-state index is 12.7. The molecule has 4 aliphatic rings. The van der Waals surface area contributed by atoms with Crippen LogP contribution in [0.5, 0.6) is 0 Å². The number of carbonyl (C=O) groups excluding carboxylic acids is 1. The van der Waals surface area contributed by atoms with Gasteiger partial charge in [-0.1, -0.05) is 6.42 Å². The highest BCUT2D eigenvalue weighted by atomic mass is 16.5. The monoisotopic (exact) mass is 465 g/mol. The van der Waals surface area contributed by atoms with Gasteiger partial charge in [0.05, 0.1) is 19.3 Å². The standard InChI is InChI=1S/C25H47N5O3/c1-32-23-8-6-19(7-9-23)21-17-27-25(28-18-21)29-22-5-2-4-20(16-22)24(31)26-10-3-11-30-12-14-33-15-13-30/h19-23,25,27-29H,2-18H2,1H3,(H,26,31). The molecule has 2 unspecified atom stereocenters. The molecule has 2 atom stereocenters. The molecular weight excluding hydrogens is 418 g/mol. The Morgan fingerprint density at radius 1 is 1.03 bits per heavy atom. The van der Waals surface area contributed by atoms with E-state index in [0.717, 1.165) is 90.5 Å². The van der Waals surface area contributed by atoms with E-state index in [1.165, 1.54) is 25.7 Å². The van der Waals surface area contributed by atoms with Crippen molar-refractivity contribution in [2.45, 2.75) is 76.2 Å². The summed E-state index contributed by atoms with van der Waals surface area (Å²) in [6.45, 7) is 7.69. The minimum atomic E-state index is 0.145. The van der Waals surface area contributed by atoms with E-state index in [0.29, 0.717) is 18.1 Å². The van der Waals surface area contributed by atoms with Crippen molar-refractivity contribution < 1.29 is 14.3 Å². The first-order valence-corrected chi connectivity index (χ1v) is 13.5. The van der Waals surface area contributed by atoms with Crippen LogP contribution in [0.15, 0.2) is 0 Å². The summed E-state index contributed by atoms with van der Waals surface area (Å²) in [6.07, 6.45) is 10.9. The van der Waals surface area contributed by atoms with Gasteiger partial charge >= 0.3 is 0 Å². The summed E-state index contributed by atoms with van der Waals surface area (Å²) in [6, 6.07) is 0.404. The molecule has 4 fully saturated rings. The Bertz CT molecular complexity index is 572. The molecule has 2 aliphatic heterocycles. The zero-order chi connectivity index (χ0) is 22.9. The lowest BCUT2D eigenvalue weighted by Gasteiger charge is -2.40. The van der Waals surface area contributed by atoms with Crippen LogP contribution in [0.25, 0.3) is 0 Å². The number of morpholine rings is 1. The number of methoxy groups -OCH3 is 1. The van der Waals surface area contributed by atoms with Crippen molar-refractivity contribution in [1.29, 1.82) is 0 Å². The van der Waals surface area contributed by atoms with Crippen LogP contribution in [0.1, 0.15) is 57.8 Å². The van der Waals surface area contributed by atoms with Gasteiger partial charge in [0.15, 0.2) is 0 Å². The SMILES string of the molecule is COC1CCC(C2CNC(NC3CCCC(C(=O)NCCCN4CCOCC4)C3)NC2)CC1. The first-order valence-electron chi connectivity index (χ1n) is 13.5. The second-order valence-corrected chi connectivity index (χ2v) is 10.6. The van der Waals surface area contributed by atoms with Gasteiger partial charge in [-0.3, -0.25) is 25.6 Å². The summed E-state index contributed by atoms with van der Waals surface area (Å²) in [5.74, 6) is 1.92. The number of rotatable bonds is 9. The van der Waals surface area contributed by atoms with Crippen LogP contribution in [0.2, 0.25) is 0 Å². The minimum Gasteiger partial charge on any atom is -0.381 e. The van der Waals surface area contributed by atoms with Crippen LogP contribution >= 0.6 is 0 Å². The summed E-state index contributed by atoms with van der Waals surface area (Å²) in [5.41, 5.74) is 0. The highest BCUT2D eigenvalue weighted by Gasteiger charge is 2.32. The fraction of sp³-hybridized carbons (Fsp3) is 0.960. The summed E-state index contributed by atoms with van der Waals surface area (Å²) in [4.78, 5) is 15.2. The van der Waals surface area contributed by atoms with Crippen LogP contribution in [0.4, 0.5) is 0 Å². The van der Waals surface area contributed by atoms with E-state index in [2.05, 4.69) is 26.2 Å². The smallest absolute Gasteiger partial charge is 0.223 e. The van der Waals surface area contributed by atoms with E-state index < -0.39 is 0 Å². The van der Waals surface area contributed by atoms with Crippen molar-refractivity contribution in [2.24, 2.45) is 17.8 Å². The molecule has 0 aromatic rings. The molecule has 0 aromatic heterocycles. The van der Waals surface area contributed by atoms with Crippen molar-refractivity contribution >= 4 is 5.91 Å². The van der Waals surface area contributed by atoms with Gasteiger partial charge in [0, 0.05) is 51.8 Å². The molecule has 2 saturated heterocycles. The van der Waals surface area contributed by atoms with Crippen LogP contribution in [0.3, 0.4) is 0 Å². The third-order valence-corrected chi connectivity index (χ3v) is 8.39. The lowest BCUT2D eigenvalue weighted by Crippen LogP contribution is -2.63. The van der Waals surface area contributed by atoms with Gasteiger partial charge in [-0.2, -0.15) is 0 Å². The van der Waals surface area contributed by atoms with Crippen molar-refractivity contribution in [3.63, 3.8) is 0 Å². The molecule has 2 aliphatic carbocycles. The Hall–Kier alpha value is -0.770. The molecule has 4 rings (SSSR count). The highest BCUT2D eigenvalue weighted by molar-refractivity contribution is 5.78. The summed E-state index contributed by atoms with van der Waals surface area (Å²) in [7, 11) is 1.84. The third kappa shape index (κ3) is 7.87. The van der Waals surface area contributed by atoms with E-state index >= 15 is 0 Å². The maximum Gasteiger partial charge on any atom is 0.223 e. The summed E-state index contributed by atoms with van der Waals surface area (Å²) >= 11 is 0. The molecule has 2 saturated carbocycles. The predicted molar refractivity (Wildman–Crippen MR) is 130 cm³/mol. The van der Waals surface area contributed by atoms with Crippen molar-refractivity contribution in [3.8, 4) is 0 Å². The molecule has 8 nitrogen and oxygen atoms in total. The Balaban J connectivity index is 1.10.